The fourth-order valence-corrected chi connectivity index (χ4v) is 1.89. The van der Waals surface area contributed by atoms with E-state index in [-0.39, 0.29) is 11.4 Å². The van der Waals surface area contributed by atoms with Gasteiger partial charge in [0.2, 0.25) is 0 Å². The molecule has 0 aromatic carbocycles. The van der Waals surface area contributed by atoms with Crippen LogP contribution in [0.5, 0.6) is 0 Å². The van der Waals surface area contributed by atoms with Crippen LogP contribution in [0.15, 0.2) is 0 Å². The van der Waals surface area contributed by atoms with Gasteiger partial charge in [-0.1, -0.05) is 26.2 Å². The zero-order valence-corrected chi connectivity index (χ0v) is 8.06. The highest BCUT2D eigenvalue weighted by Crippen LogP contribution is 2.45. The topological polar surface area (TPSA) is 26.3 Å². The van der Waals surface area contributed by atoms with Crippen molar-refractivity contribution in [1.82, 2.24) is 0 Å². The van der Waals surface area contributed by atoms with Gasteiger partial charge in [0.1, 0.15) is 0 Å². The molecule has 1 aliphatic rings. The number of hydrogen-bond donors (Lipinski definition) is 0. The normalized spacial score (nSPS) is 19.8. The Morgan fingerprint density at radius 3 is 2.50 bits per heavy atom. The largest absolute Gasteiger partial charge is 0.469 e. The summed E-state index contributed by atoms with van der Waals surface area (Å²) in [6, 6.07) is 0. The minimum absolute atomic E-state index is 0.0159. The van der Waals surface area contributed by atoms with Crippen LogP contribution in [0.25, 0.3) is 0 Å². The van der Waals surface area contributed by atoms with E-state index in [2.05, 4.69) is 6.92 Å². The summed E-state index contributed by atoms with van der Waals surface area (Å²) < 4.78 is 4.82. The number of ether oxygens (including phenoxy) is 1. The summed E-state index contributed by atoms with van der Waals surface area (Å²) in [5.74, 6) is 0.0159. The van der Waals surface area contributed by atoms with Crippen LogP contribution in [-0.4, -0.2) is 13.1 Å². The van der Waals surface area contributed by atoms with E-state index in [0.29, 0.717) is 0 Å². The van der Waals surface area contributed by atoms with Crippen LogP contribution in [0, 0.1) is 5.41 Å². The van der Waals surface area contributed by atoms with E-state index in [0.717, 1.165) is 25.7 Å². The van der Waals surface area contributed by atoms with Gasteiger partial charge in [0.05, 0.1) is 12.5 Å². The Balaban J connectivity index is 2.44. The van der Waals surface area contributed by atoms with Crippen molar-refractivity contribution in [3.8, 4) is 0 Å². The van der Waals surface area contributed by atoms with Crippen LogP contribution in [0.1, 0.15) is 45.4 Å². The van der Waals surface area contributed by atoms with Crippen LogP contribution in [0.2, 0.25) is 0 Å². The predicted octanol–water partition coefficient (Wildman–Crippen LogP) is 2.52. The second kappa shape index (κ2) is 3.92. The molecule has 1 fully saturated rings. The molecule has 0 atom stereocenters. The van der Waals surface area contributed by atoms with E-state index < -0.39 is 0 Å². The van der Waals surface area contributed by atoms with Gasteiger partial charge in [-0.15, -0.1) is 0 Å². The number of esters is 1. The average Bonchev–Trinajstić information content (AvgIpc) is 2.02. The molecule has 70 valence electrons. The van der Waals surface area contributed by atoms with Crippen molar-refractivity contribution in [3.05, 3.63) is 0 Å². The Morgan fingerprint density at radius 1 is 1.50 bits per heavy atom. The minimum atomic E-state index is -0.0786. The highest BCUT2D eigenvalue weighted by molar-refractivity contribution is 5.77. The molecule has 1 aliphatic carbocycles. The summed E-state index contributed by atoms with van der Waals surface area (Å²) in [6.07, 6.45) is 6.61. The summed E-state index contributed by atoms with van der Waals surface area (Å²) in [5, 5.41) is 0. The van der Waals surface area contributed by atoms with Crippen molar-refractivity contribution in [3.63, 3.8) is 0 Å². The third-order valence-electron chi connectivity index (χ3n) is 2.94. The van der Waals surface area contributed by atoms with Gasteiger partial charge in [-0.25, -0.2) is 0 Å². The predicted molar refractivity (Wildman–Crippen MR) is 47.8 cm³/mol. The Hall–Kier alpha value is -0.530. The Morgan fingerprint density at radius 2 is 2.17 bits per heavy atom. The Bertz CT molecular complexity index is 159. The van der Waals surface area contributed by atoms with Crippen molar-refractivity contribution in [2.24, 2.45) is 5.41 Å². The van der Waals surface area contributed by atoms with Gasteiger partial charge in [0.25, 0.3) is 0 Å². The summed E-state index contributed by atoms with van der Waals surface area (Å²) in [6.45, 7) is 2.16. The van der Waals surface area contributed by atoms with Gasteiger partial charge in [-0.2, -0.15) is 0 Å². The van der Waals surface area contributed by atoms with E-state index in [1.54, 1.807) is 0 Å². The maximum atomic E-state index is 11.4. The van der Waals surface area contributed by atoms with E-state index in [1.165, 1.54) is 20.0 Å². The van der Waals surface area contributed by atoms with Gasteiger partial charge in [0.15, 0.2) is 0 Å². The van der Waals surface area contributed by atoms with Crippen molar-refractivity contribution in [2.75, 3.05) is 7.11 Å². The van der Waals surface area contributed by atoms with Gasteiger partial charge >= 0.3 is 5.97 Å². The van der Waals surface area contributed by atoms with E-state index >= 15 is 0 Å². The molecule has 0 heterocycles. The first kappa shape index (κ1) is 9.56. The van der Waals surface area contributed by atoms with Gasteiger partial charge in [-0.3, -0.25) is 4.79 Å². The van der Waals surface area contributed by atoms with Crippen LogP contribution in [0.4, 0.5) is 0 Å². The maximum Gasteiger partial charge on any atom is 0.311 e. The van der Waals surface area contributed by atoms with Crippen LogP contribution >= 0.6 is 0 Å². The number of carbonyl (C=O) groups excluding carboxylic acids is 1. The third-order valence-corrected chi connectivity index (χ3v) is 2.94. The molecule has 0 spiro atoms. The second-order valence-electron chi connectivity index (χ2n) is 3.73. The van der Waals surface area contributed by atoms with E-state index in [1.807, 2.05) is 0 Å². The minimum Gasteiger partial charge on any atom is -0.469 e. The van der Waals surface area contributed by atoms with E-state index in [4.69, 9.17) is 4.74 Å². The molecule has 12 heavy (non-hydrogen) atoms. The quantitative estimate of drug-likeness (QED) is 0.606. The highest BCUT2D eigenvalue weighted by atomic mass is 16.5. The Kier molecular flexibility index (Phi) is 3.12. The molecule has 0 unspecified atom stereocenters. The second-order valence-corrected chi connectivity index (χ2v) is 3.73. The first-order valence-electron chi connectivity index (χ1n) is 4.83. The molecule has 0 aromatic heterocycles. The molecule has 0 bridgehead atoms. The lowest BCUT2D eigenvalue weighted by Crippen LogP contribution is -2.38. The van der Waals surface area contributed by atoms with Crippen molar-refractivity contribution < 1.29 is 9.53 Å². The number of carbonyl (C=O) groups is 1. The fraction of sp³-hybridized carbons (Fsp3) is 0.900. The number of unbranched alkanes of at least 4 members (excludes halogenated alkanes) is 1. The van der Waals surface area contributed by atoms with Crippen molar-refractivity contribution in [1.29, 1.82) is 0 Å². The van der Waals surface area contributed by atoms with Crippen LogP contribution in [0.3, 0.4) is 0 Å². The first-order valence-corrected chi connectivity index (χ1v) is 4.83. The monoisotopic (exact) mass is 170 g/mol. The zero-order chi connectivity index (χ0) is 9.03. The van der Waals surface area contributed by atoms with Crippen LogP contribution < -0.4 is 0 Å². The number of hydrogen-bond acceptors (Lipinski definition) is 2. The molecular weight excluding hydrogens is 152 g/mol. The molecule has 2 nitrogen and oxygen atoms in total. The summed E-state index contributed by atoms with van der Waals surface area (Å²) in [7, 11) is 1.49. The smallest absolute Gasteiger partial charge is 0.311 e. The first-order chi connectivity index (χ1) is 5.75. The van der Waals surface area contributed by atoms with Crippen molar-refractivity contribution in [2.45, 2.75) is 45.4 Å². The molecule has 0 aromatic rings. The molecule has 1 saturated carbocycles. The van der Waals surface area contributed by atoms with Crippen LogP contribution in [-0.2, 0) is 9.53 Å². The molecular formula is C10H18O2. The zero-order valence-electron chi connectivity index (χ0n) is 8.06. The average molecular weight is 170 g/mol. The molecule has 0 radical (unpaired) electrons. The molecule has 2 heteroatoms. The lowest BCUT2D eigenvalue weighted by molar-refractivity contribution is -0.159. The highest BCUT2D eigenvalue weighted by Gasteiger charge is 2.44. The molecule has 0 amide bonds. The number of methoxy groups -OCH3 is 1. The maximum absolute atomic E-state index is 11.4. The summed E-state index contributed by atoms with van der Waals surface area (Å²) in [4.78, 5) is 11.4. The molecule has 0 saturated heterocycles. The molecule has 0 aliphatic heterocycles. The van der Waals surface area contributed by atoms with Crippen molar-refractivity contribution >= 4 is 5.97 Å². The molecule has 1 rings (SSSR count). The fourth-order valence-electron chi connectivity index (χ4n) is 1.89. The lowest BCUT2D eigenvalue weighted by Gasteiger charge is -2.38. The van der Waals surface area contributed by atoms with E-state index in [9.17, 15) is 4.79 Å². The van der Waals surface area contributed by atoms with Gasteiger partial charge < -0.3 is 4.74 Å². The standard InChI is InChI=1S/C10H18O2/c1-3-4-6-10(7-5-8-10)9(11)12-2/h3-8H2,1-2H3. The summed E-state index contributed by atoms with van der Waals surface area (Å²) >= 11 is 0. The Labute approximate surface area is 74.3 Å². The lowest BCUT2D eigenvalue weighted by atomic mass is 9.66. The van der Waals surface area contributed by atoms with Gasteiger partial charge in [-0.05, 0) is 19.3 Å². The summed E-state index contributed by atoms with van der Waals surface area (Å²) in [5.41, 5.74) is -0.0786. The van der Waals surface area contributed by atoms with Gasteiger partial charge in [0, 0.05) is 0 Å². The third kappa shape index (κ3) is 1.62. The number of rotatable bonds is 4. The molecule has 0 N–H and O–H groups in total. The SMILES string of the molecule is CCCCC1(C(=O)OC)CCC1.